The van der Waals surface area contributed by atoms with Crippen LogP contribution in [0.3, 0.4) is 0 Å². The third kappa shape index (κ3) is 2.10. The Kier molecular flexibility index (Phi) is 2.99. The molecule has 1 aromatic heterocycles. The summed E-state index contributed by atoms with van der Waals surface area (Å²) in [5.74, 6) is 0.0578. The number of halogens is 1. The van der Waals surface area contributed by atoms with Crippen molar-refractivity contribution in [3.8, 4) is 0 Å². The number of hydrogen-bond acceptors (Lipinski definition) is 1. The van der Waals surface area contributed by atoms with Gasteiger partial charge in [0.2, 0.25) is 0 Å². The molecule has 3 heteroatoms. The second-order valence-electron chi connectivity index (χ2n) is 4.54. The summed E-state index contributed by atoms with van der Waals surface area (Å²) >= 11 is 3.42. The standard InChI is InChI=1S/C16H12BrNO/c1-10-8-11(17)6-7-12(10)16(19)14-9-18-15-5-3-2-4-13(14)15/h2-9,18H,1H3. The summed E-state index contributed by atoms with van der Waals surface area (Å²) in [6.45, 7) is 1.95. The number of aromatic amines is 1. The number of carbonyl (C=O) groups excluding carboxylic acids is 1. The van der Waals surface area contributed by atoms with E-state index in [2.05, 4.69) is 20.9 Å². The van der Waals surface area contributed by atoms with Gasteiger partial charge in [0.05, 0.1) is 0 Å². The van der Waals surface area contributed by atoms with Crippen LogP contribution in [-0.4, -0.2) is 10.8 Å². The number of aromatic nitrogens is 1. The molecule has 0 bridgehead atoms. The molecular weight excluding hydrogens is 302 g/mol. The van der Waals surface area contributed by atoms with E-state index in [-0.39, 0.29) is 5.78 Å². The molecule has 1 N–H and O–H groups in total. The highest BCUT2D eigenvalue weighted by Gasteiger charge is 2.15. The molecule has 1 heterocycles. The van der Waals surface area contributed by atoms with Gasteiger partial charge < -0.3 is 4.98 Å². The normalized spacial score (nSPS) is 10.8. The van der Waals surface area contributed by atoms with E-state index in [1.54, 1.807) is 6.20 Å². The molecule has 0 unspecified atom stereocenters. The Balaban J connectivity index is 2.13. The van der Waals surface area contributed by atoms with Crippen LogP contribution in [0.15, 0.2) is 53.1 Å². The number of nitrogens with one attached hydrogen (secondary N) is 1. The third-order valence-electron chi connectivity index (χ3n) is 3.27. The van der Waals surface area contributed by atoms with E-state index >= 15 is 0 Å². The molecule has 0 radical (unpaired) electrons. The number of hydrogen-bond donors (Lipinski definition) is 1. The maximum Gasteiger partial charge on any atom is 0.195 e. The van der Waals surface area contributed by atoms with Gasteiger partial charge in [-0.3, -0.25) is 4.79 Å². The van der Waals surface area contributed by atoms with Crippen molar-refractivity contribution in [2.45, 2.75) is 6.92 Å². The zero-order valence-electron chi connectivity index (χ0n) is 10.4. The molecule has 0 atom stereocenters. The van der Waals surface area contributed by atoms with E-state index in [1.165, 1.54) is 0 Å². The molecule has 2 nitrogen and oxygen atoms in total. The fraction of sp³-hybridized carbons (Fsp3) is 0.0625. The molecule has 0 saturated heterocycles. The van der Waals surface area contributed by atoms with E-state index in [0.29, 0.717) is 0 Å². The second-order valence-corrected chi connectivity index (χ2v) is 5.45. The summed E-state index contributed by atoms with van der Waals surface area (Å²) < 4.78 is 0.987. The highest BCUT2D eigenvalue weighted by Crippen LogP contribution is 2.23. The first-order valence-corrected chi connectivity index (χ1v) is 6.83. The molecule has 0 aliphatic heterocycles. The van der Waals surface area contributed by atoms with Crippen LogP contribution in [0, 0.1) is 6.92 Å². The van der Waals surface area contributed by atoms with Crippen molar-refractivity contribution < 1.29 is 4.79 Å². The average Bonchev–Trinajstić information content (AvgIpc) is 2.82. The zero-order valence-corrected chi connectivity index (χ0v) is 12.0. The molecular formula is C16H12BrNO. The lowest BCUT2D eigenvalue weighted by Gasteiger charge is -2.04. The lowest BCUT2D eigenvalue weighted by Crippen LogP contribution is -2.02. The van der Waals surface area contributed by atoms with Crippen LogP contribution in [0.5, 0.6) is 0 Å². The Morgan fingerprint density at radius 2 is 1.89 bits per heavy atom. The first-order chi connectivity index (χ1) is 9.16. The van der Waals surface area contributed by atoms with Gasteiger partial charge in [-0.05, 0) is 36.8 Å². The zero-order chi connectivity index (χ0) is 13.4. The SMILES string of the molecule is Cc1cc(Br)ccc1C(=O)c1c[nH]c2ccccc12. The topological polar surface area (TPSA) is 32.9 Å². The van der Waals surface area contributed by atoms with Crippen molar-refractivity contribution in [2.24, 2.45) is 0 Å². The highest BCUT2D eigenvalue weighted by molar-refractivity contribution is 9.10. The first kappa shape index (κ1) is 12.2. The van der Waals surface area contributed by atoms with Gasteiger partial charge in [0.1, 0.15) is 0 Å². The van der Waals surface area contributed by atoms with Crippen LogP contribution in [0.1, 0.15) is 21.5 Å². The predicted molar refractivity (Wildman–Crippen MR) is 80.6 cm³/mol. The Morgan fingerprint density at radius 3 is 2.68 bits per heavy atom. The van der Waals surface area contributed by atoms with Gasteiger partial charge in [-0.25, -0.2) is 0 Å². The summed E-state index contributed by atoms with van der Waals surface area (Å²) in [7, 11) is 0. The molecule has 0 fully saturated rings. The second kappa shape index (κ2) is 4.67. The van der Waals surface area contributed by atoms with Crippen molar-refractivity contribution in [2.75, 3.05) is 0 Å². The quantitative estimate of drug-likeness (QED) is 0.696. The lowest BCUT2D eigenvalue weighted by atomic mass is 9.99. The van der Waals surface area contributed by atoms with Gasteiger partial charge in [0, 0.05) is 32.7 Å². The van der Waals surface area contributed by atoms with Crippen molar-refractivity contribution in [1.29, 1.82) is 0 Å². The Hall–Kier alpha value is -1.87. The number of benzene rings is 2. The minimum atomic E-state index is 0.0578. The summed E-state index contributed by atoms with van der Waals surface area (Å²) in [6, 6.07) is 13.6. The van der Waals surface area contributed by atoms with Crippen LogP contribution < -0.4 is 0 Å². The van der Waals surface area contributed by atoms with E-state index in [9.17, 15) is 4.79 Å². The summed E-state index contributed by atoms with van der Waals surface area (Å²) in [5, 5.41) is 0.967. The average molecular weight is 314 g/mol. The molecule has 2 aromatic carbocycles. The lowest BCUT2D eigenvalue weighted by molar-refractivity contribution is 0.104. The van der Waals surface area contributed by atoms with Crippen LogP contribution in [0.4, 0.5) is 0 Å². The highest BCUT2D eigenvalue weighted by atomic mass is 79.9. The number of ketones is 1. The fourth-order valence-corrected chi connectivity index (χ4v) is 2.76. The minimum Gasteiger partial charge on any atom is -0.360 e. The van der Waals surface area contributed by atoms with Crippen molar-refractivity contribution in [3.05, 3.63) is 69.8 Å². The molecule has 0 amide bonds. The van der Waals surface area contributed by atoms with Gasteiger partial charge in [0.15, 0.2) is 5.78 Å². The van der Waals surface area contributed by atoms with E-state index < -0.39 is 0 Å². The van der Waals surface area contributed by atoms with Gasteiger partial charge >= 0.3 is 0 Å². The van der Waals surface area contributed by atoms with Crippen molar-refractivity contribution in [3.63, 3.8) is 0 Å². The Morgan fingerprint density at radius 1 is 1.11 bits per heavy atom. The largest absolute Gasteiger partial charge is 0.360 e. The number of aryl methyl sites for hydroxylation is 1. The number of fused-ring (bicyclic) bond motifs is 1. The molecule has 0 spiro atoms. The molecule has 0 aliphatic rings. The minimum absolute atomic E-state index is 0.0578. The maximum atomic E-state index is 12.6. The van der Waals surface area contributed by atoms with E-state index in [0.717, 1.165) is 32.1 Å². The van der Waals surface area contributed by atoms with Crippen molar-refractivity contribution in [1.82, 2.24) is 4.98 Å². The summed E-state index contributed by atoms with van der Waals surface area (Å²) in [5.41, 5.74) is 3.43. The molecule has 3 rings (SSSR count). The van der Waals surface area contributed by atoms with Gasteiger partial charge in [-0.1, -0.05) is 34.1 Å². The molecule has 19 heavy (non-hydrogen) atoms. The monoisotopic (exact) mass is 313 g/mol. The molecule has 3 aromatic rings. The third-order valence-corrected chi connectivity index (χ3v) is 3.76. The van der Waals surface area contributed by atoms with E-state index in [1.807, 2.05) is 49.4 Å². The van der Waals surface area contributed by atoms with Gasteiger partial charge in [-0.15, -0.1) is 0 Å². The maximum absolute atomic E-state index is 12.6. The first-order valence-electron chi connectivity index (χ1n) is 6.04. The predicted octanol–water partition coefficient (Wildman–Crippen LogP) is 4.47. The van der Waals surface area contributed by atoms with Crippen LogP contribution >= 0.6 is 15.9 Å². The van der Waals surface area contributed by atoms with Crippen LogP contribution in [0.25, 0.3) is 10.9 Å². The number of rotatable bonds is 2. The van der Waals surface area contributed by atoms with Gasteiger partial charge in [0.25, 0.3) is 0 Å². The van der Waals surface area contributed by atoms with Crippen LogP contribution in [0.2, 0.25) is 0 Å². The summed E-state index contributed by atoms with van der Waals surface area (Å²) in [4.78, 5) is 15.8. The smallest absolute Gasteiger partial charge is 0.195 e. The summed E-state index contributed by atoms with van der Waals surface area (Å²) in [6.07, 6.45) is 1.79. The number of H-pyrrole nitrogens is 1. The Labute approximate surface area is 119 Å². The van der Waals surface area contributed by atoms with Gasteiger partial charge in [-0.2, -0.15) is 0 Å². The van der Waals surface area contributed by atoms with Crippen molar-refractivity contribution >= 4 is 32.6 Å². The molecule has 0 saturated carbocycles. The molecule has 0 aliphatic carbocycles. The Bertz CT molecular complexity index is 773. The number of para-hydroxylation sites is 1. The number of carbonyl (C=O) groups is 1. The molecule has 94 valence electrons. The van der Waals surface area contributed by atoms with Crippen LogP contribution in [-0.2, 0) is 0 Å². The fourth-order valence-electron chi connectivity index (χ4n) is 2.29. The van der Waals surface area contributed by atoms with E-state index in [4.69, 9.17) is 0 Å².